The number of hydrogen-bond donors (Lipinski definition) is 10. The Kier molecular flexibility index (Phi) is 172. The zero-order valence-corrected chi connectivity index (χ0v) is 37.3. The molecule has 3 saturated heterocycles. The second-order valence-electron chi connectivity index (χ2n) is 10.4. The van der Waals surface area contributed by atoms with Crippen LogP contribution in [0, 0.1) is 6.65 Å². The maximum absolute atomic E-state index is 9.47. The molecule has 3 aliphatic heterocycles. The fraction of sp³-hybridized carbons (Fsp3) is 0.951. The smallest absolute Gasteiger partial charge is 1.00 e. The van der Waals surface area contributed by atoms with Gasteiger partial charge in [0, 0.05) is 87.3 Å². The molecule has 0 amide bonds. The maximum atomic E-state index is 9.47. The summed E-state index contributed by atoms with van der Waals surface area (Å²) in [4.78, 5) is 14.1. The number of hydrogen-bond acceptors (Lipinski definition) is 21. The molecule has 23 heteroatoms. The Balaban J connectivity index is -0.0000000339. The van der Waals surface area contributed by atoms with Gasteiger partial charge in [-0.2, -0.15) is 0 Å². The summed E-state index contributed by atoms with van der Waals surface area (Å²) in [7, 11) is 8.03. The van der Waals surface area contributed by atoms with Crippen LogP contribution >= 0.6 is 0 Å². The summed E-state index contributed by atoms with van der Waals surface area (Å²) in [6.07, 6.45) is 0.648. The Morgan fingerprint density at radius 3 is 1.19 bits per heavy atom. The summed E-state index contributed by atoms with van der Waals surface area (Å²) < 4.78 is 50.7. The normalized spacial score (nSPS) is 12.8. The van der Waals surface area contributed by atoms with Gasteiger partial charge >= 0.3 is 12.7 Å². The molecule has 0 aromatic carbocycles. The Hall–Kier alpha value is -1.43. The third-order valence-corrected chi connectivity index (χ3v) is 5.80. The Morgan fingerprint density at radius 2 is 0.953 bits per heavy atom. The Bertz CT molecular complexity index is 609. The van der Waals surface area contributed by atoms with Gasteiger partial charge in [-0.1, -0.05) is 37.1 Å². The first kappa shape index (κ1) is 96.5. The van der Waals surface area contributed by atoms with Gasteiger partial charge < -0.3 is 107 Å². The van der Waals surface area contributed by atoms with Crippen molar-refractivity contribution in [2.45, 2.75) is 37.1 Å². The van der Waals surface area contributed by atoms with E-state index < -0.39 is 0 Å². The molecule has 406 valence electrons. The first-order chi connectivity index (χ1) is 28.4. The largest absolute Gasteiger partial charge is 1.00 e. The minimum Gasteiger partial charge on any atom is -1.00 e. The monoisotopic (exact) mass is 960 g/mol. The van der Waals surface area contributed by atoms with Crippen molar-refractivity contribution >= 4 is 6.29 Å². The molecule has 0 saturated carbocycles. The average Bonchev–Trinajstić information content (AvgIpc) is 3.28. The zero-order valence-electron chi connectivity index (χ0n) is 39.3. The van der Waals surface area contributed by atoms with Gasteiger partial charge in [-0.3, -0.25) is 4.90 Å². The standard InChI is InChI=1S/C7H15NO2.C5H11NO.C4H11NO2.C4H9NO.C4H10O3.C4H8O3.C3H9NO.C3H8O2.CH4O.CO.5CH4.H3N.H/c1-9-5-2-8-3-6-10-7-4-8;1-6-2-4-7-5-3-6;5-1-3-7-4-2-6;1-3-6-4-2-5-1;2*5-1-3-7-4-2-6;2*1-5-3-2-4;2*1-2;;;;;;;/h2-7H2,1H3;2-5H2,1H3;6H,1-5H2;5H,1-4H2;5-6H,1-4H2;1,6H,2-4H2;2-4H2,1H3;4H,2-3H2,1H3;2H,1H3;;5*1H4;1H3;/q;;;;;;;;;;;;;;;;-1/p+2. The molecule has 3 fully saturated rings. The molecule has 0 aromatic rings. The van der Waals surface area contributed by atoms with E-state index in [2.05, 4.69) is 47.8 Å². The number of quaternary nitrogens is 1. The zero-order chi connectivity index (χ0) is 45.4. The van der Waals surface area contributed by atoms with Crippen LogP contribution in [0.2, 0.25) is 0 Å². The number of carbonyl (C=O) groups excluding carboxylic acids is 1. The van der Waals surface area contributed by atoms with E-state index in [0.29, 0.717) is 59.0 Å². The van der Waals surface area contributed by atoms with Crippen LogP contribution in [0.15, 0.2) is 0 Å². The molecule has 3 aliphatic rings. The molecule has 0 bridgehead atoms. The van der Waals surface area contributed by atoms with Crippen molar-refractivity contribution in [3.05, 3.63) is 6.65 Å². The van der Waals surface area contributed by atoms with E-state index in [9.17, 15) is 4.79 Å². The van der Waals surface area contributed by atoms with Crippen LogP contribution in [0.25, 0.3) is 0 Å². The summed E-state index contributed by atoms with van der Waals surface area (Å²) in [6.45, 7) is 22.5. The minimum atomic E-state index is -0.0200. The second-order valence-corrected chi connectivity index (χ2v) is 10.4. The number of likely N-dealkylation sites (N-methyl/N-ethyl adjacent to an activating group) is 1. The van der Waals surface area contributed by atoms with E-state index in [1.54, 1.807) is 21.3 Å². The van der Waals surface area contributed by atoms with E-state index in [4.69, 9.17) is 70.4 Å². The van der Waals surface area contributed by atoms with E-state index >= 15 is 0 Å². The molecule has 0 aliphatic carbocycles. The SMILES string of the molecule is C.C.C.C.C.C1COCCN1.CN1CCOCC1.CO.COCCN.COCCN1CCOCC1.COCCO.NCCOCCO.O=CCOCCO.OCCOCCO.[C-]#[O+].[H+].[H-].[NH4+]. The molecule has 23 nitrogen and oxygen atoms in total. The number of nitrogens with zero attached hydrogens (tertiary/aromatic N) is 2. The molecule has 0 spiro atoms. The van der Waals surface area contributed by atoms with E-state index in [-0.39, 0.29) is 92.4 Å². The van der Waals surface area contributed by atoms with Crippen molar-refractivity contribution in [2.75, 3.05) is 227 Å². The number of nitrogens with two attached hydrogens (primary N) is 2. The summed E-state index contributed by atoms with van der Waals surface area (Å²) in [5, 5.41) is 50.5. The van der Waals surface area contributed by atoms with Crippen molar-refractivity contribution in [3.63, 3.8) is 0 Å². The fourth-order valence-electron chi connectivity index (χ4n) is 3.10. The molecule has 0 radical (unpaired) electrons. The number of morpholine rings is 3. The predicted molar refractivity (Wildman–Crippen MR) is 261 cm³/mol. The van der Waals surface area contributed by atoms with Crippen molar-refractivity contribution in [3.8, 4) is 0 Å². The van der Waals surface area contributed by atoms with E-state index in [1.165, 1.54) is 0 Å². The minimum absolute atomic E-state index is 0. The van der Waals surface area contributed by atoms with Crippen LogP contribution in [0.4, 0.5) is 0 Å². The molecule has 0 atom stereocenters. The van der Waals surface area contributed by atoms with Crippen LogP contribution in [0.1, 0.15) is 40.0 Å². The second kappa shape index (κ2) is 114. The van der Waals surface area contributed by atoms with Crippen LogP contribution in [0.3, 0.4) is 0 Å². The van der Waals surface area contributed by atoms with Crippen LogP contribution in [-0.2, 0) is 52.1 Å². The van der Waals surface area contributed by atoms with E-state index in [1.807, 2.05) is 0 Å². The molecular weight excluding hydrogens is 848 g/mol. The first-order valence-electron chi connectivity index (χ1n) is 19.0. The number of aliphatic hydroxyl groups is 6. The predicted octanol–water partition coefficient (Wildman–Crippen LogP) is -0.775. The molecule has 0 unspecified atom stereocenters. The van der Waals surface area contributed by atoms with Crippen molar-refractivity contribution in [1.82, 2.24) is 21.3 Å². The summed E-state index contributed by atoms with van der Waals surface area (Å²) in [5.41, 5.74) is 10.1. The maximum Gasteiger partial charge on any atom is 1.00 e. The topological polar surface area (TPSA) is 348 Å². The quantitative estimate of drug-likeness (QED) is 0.0329. The van der Waals surface area contributed by atoms with Gasteiger partial charge in [-0.15, -0.1) is 0 Å². The summed E-state index contributed by atoms with van der Waals surface area (Å²) in [6, 6.07) is 0. The number of carbonyl (C=O) groups is 1. The number of rotatable bonds is 19. The number of ether oxygens (including phenoxy) is 9. The molecular formula is C41H111N6O17+. The number of aliphatic hydroxyl groups excluding tert-OH is 6. The molecule has 3 rings (SSSR count). The number of nitrogens with one attached hydrogen (secondary N) is 1. The van der Waals surface area contributed by atoms with Crippen molar-refractivity contribution in [2.24, 2.45) is 11.5 Å². The summed E-state index contributed by atoms with van der Waals surface area (Å²) in [5.74, 6) is 0. The van der Waals surface area contributed by atoms with Crippen LogP contribution in [-0.4, -0.2) is 273 Å². The van der Waals surface area contributed by atoms with Gasteiger partial charge in [0.1, 0.15) is 12.9 Å². The molecule has 64 heavy (non-hydrogen) atoms. The van der Waals surface area contributed by atoms with Gasteiger partial charge in [-0.05, 0) is 7.05 Å². The molecule has 15 N–H and O–H groups in total. The van der Waals surface area contributed by atoms with Gasteiger partial charge in [0.2, 0.25) is 0 Å². The average molecular weight is 960 g/mol. The van der Waals surface area contributed by atoms with E-state index in [0.717, 1.165) is 99.2 Å². The Morgan fingerprint density at radius 1 is 0.609 bits per heavy atom. The van der Waals surface area contributed by atoms with Crippen molar-refractivity contribution in [1.29, 1.82) is 0 Å². The molecule has 0 aromatic heterocycles. The summed E-state index contributed by atoms with van der Waals surface area (Å²) >= 11 is 0. The fourth-order valence-corrected chi connectivity index (χ4v) is 3.10. The number of aldehydes is 1. The van der Waals surface area contributed by atoms with Gasteiger partial charge in [-0.25, -0.2) is 0 Å². The van der Waals surface area contributed by atoms with Crippen LogP contribution < -0.4 is 22.9 Å². The van der Waals surface area contributed by atoms with Crippen molar-refractivity contribution < 1.29 is 85.6 Å². The third kappa shape index (κ3) is 131. The first-order valence-corrected chi connectivity index (χ1v) is 19.0. The van der Waals surface area contributed by atoms with Crippen LogP contribution in [0.5, 0.6) is 0 Å². The van der Waals surface area contributed by atoms with Gasteiger partial charge in [0.25, 0.3) is 0 Å². The van der Waals surface area contributed by atoms with Gasteiger partial charge in [0.15, 0.2) is 0 Å². The molecule has 3 heterocycles. The third-order valence-electron chi connectivity index (χ3n) is 5.80. The van der Waals surface area contributed by atoms with Gasteiger partial charge in [0.05, 0.1) is 126 Å². The number of methoxy groups -OCH3 is 3. The Labute approximate surface area is 394 Å².